The Kier molecular flexibility index (Phi) is 3.21. The molecule has 0 amide bonds. The highest BCUT2D eigenvalue weighted by molar-refractivity contribution is 7.80. The van der Waals surface area contributed by atoms with E-state index < -0.39 is 0 Å². The lowest BCUT2D eigenvalue weighted by Crippen LogP contribution is -2.32. The summed E-state index contributed by atoms with van der Waals surface area (Å²) in [5.74, 6) is 0. The average Bonchev–Trinajstić information content (AvgIpc) is 2.64. The van der Waals surface area contributed by atoms with Gasteiger partial charge in [0.15, 0.2) is 5.65 Å². The lowest BCUT2D eigenvalue weighted by Gasteiger charge is -2.22. The maximum absolute atomic E-state index is 12.0. The summed E-state index contributed by atoms with van der Waals surface area (Å²) >= 11 is 5.01. The Labute approximate surface area is 110 Å². The van der Waals surface area contributed by atoms with E-state index in [4.69, 9.17) is 18.0 Å². The monoisotopic (exact) mass is 264 g/mol. The van der Waals surface area contributed by atoms with Crippen molar-refractivity contribution in [2.45, 2.75) is 26.8 Å². The van der Waals surface area contributed by atoms with E-state index in [1.807, 2.05) is 19.9 Å². The number of thiocarbonyl (C=S) groups is 1. The molecular formula is C12H16N4OS. The third-order valence-electron chi connectivity index (χ3n) is 3.10. The predicted molar refractivity (Wildman–Crippen MR) is 74.6 cm³/mol. The maximum Gasteiger partial charge on any atom is 0.350 e. The van der Waals surface area contributed by atoms with Gasteiger partial charge in [0.2, 0.25) is 0 Å². The maximum atomic E-state index is 12.0. The third-order valence-corrected chi connectivity index (χ3v) is 3.66. The molecule has 18 heavy (non-hydrogen) atoms. The smallest absolute Gasteiger partial charge is 0.350 e. The van der Waals surface area contributed by atoms with Crippen LogP contribution in [0.15, 0.2) is 29.2 Å². The van der Waals surface area contributed by atoms with Crippen molar-refractivity contribution in [3.05, 3.63) is 34.9 Å². The van der Waals surface area contributed by atoms with Gasteiger partial charge >= 0.3 is 5.69 Å². The van der Waals surface area contributed by atoms with Gasteiger partial charge in [-0.05, 0) is 18.6 Å². The first-order chi connectivity index (χ1) is 8.42. The van der Waals surface area contributed by atoms with Crippen molar-refractivity contribution < 1.29 is 0 Å². The fourth-order valence-corrected chi connectivity index (χ4v) is 1.72. The van der Waals surface area contributed by atoms with Crippen molar-refractivity contribution in [2.24, 2.45) is 11.1 Å². The molecule has 0 aromatic carbocycles. The Morgan fingerprint density at radius 2 is 2.22 bits per heavy atom. The summed E-state index contributed by atoms with van der Waals surface area (Å²) in [4.78, 5) is 12.5. The van der Waals surface area contributed by atoms with Crippen LogP contribution in [0, 0.1) is 5.41 Å². The van der Waals surface area contributed by atoms with Crippen LogP contribution in [0.3, 0.4) is 0 Å². The highest BCUT2D eigenvalue weighted by atomic mass is 32.1. The summed E-state index contributed by atoms with van der Waals surface area (Å²) in [6.07, 6.45) is 2.39. The van der Waals surface area contributed by atoms with Crippen LogP contribution < -0.4 is 11.4 Å². The molecule has 2 rings (SSSR count). The van der Waals surface area contributed by atoms with E-state index in [9.17, 15) is 4.79 Å². The minimum absolute atomic E-state index is 0.135. The molecule has 6 heteroatoms. The first kappa shape index (κ1) is 12.8. The molecule has 2 aromatic heterocycles. The van der Waals surface area contributed by atoms with Crippen molar-refractivity contribution in [1.82, 2.24) is 14.2 Å². The SMILES string of the molecule is CC(C)(CCn1nc2ccccn2c1=O)C(N)=S. The van der Waals surface area contributed by atoms with Crippen LogP contribution in [-0.4, -0.2) is 19.2 Å². The molecule has 0 saturated heterocycles. The zero-order valence-electron chi connectivity index (χ0n) is 10.5. The van der Waals surface area contributed by atoms with Crippen LogP contribution >= 0.6 is 12.2 Å². The number of aromatic nitrogens is 3. The van der Waals surface area contributed by atoms with E-state index in [0.29, 0.717) is 23.6 Å². The Morgan fingerprint density at radius 1 is 1.50 bits per heavy atom. The third kappa shape index (κ3) is 2.28. The van der Waals surface area contributed by atoms with E-state index >= 15 is 0 Å². The second-order valence-corrected chi connectivity index (χ2v) is 5.37. The Morgan fingerprint density at radius 3 is 2.83 bits per heavy atom. The zero-order chi connectivity index (χ0) is 13.3. The molecule has 0 atom stereocenters. The van der Waals surface area contributed by atoms with E-state index in [1.165, 1.54) is 9.08 Å². The van der Waals surface area contributed by atoms with Gasteiger partial charge in [-0.2, -0.15) is 0 Å². The fraction of sp³-hybridized carbons (Fsp3) is 0.417. The number of nitrogens with zero attached hydrogens (tertiary/aromatic N) is 3. The number of hydrogen-bond acceptors (Lipinski definition) is 3. The lowest BCUT2D eigenvalue weighted by molar-refractivity contribution is 0.412. The second-order valence-electron chi connectivity index (χ2n) is 4.93. The van der Waals surface area contributed by atoms with Crippen LogP contribution in [-0.2, 0) is 6.54 Å². The molecule has 2 aromatic rings. The molecule has 0 spiro atoms. The van der Waals surface area contributed by atoms with Crippen LogP contribution in [0.1, 0.15) is 20.3 Å². The predicted octanol–water partition coefficient (Wildman–Crippen LogP) is 1.20. The molecule has 5 nitrogen and oxygen atoms in total. The number of aryl methyl sites for hydroxylation is 1. The topological polar surface area (TPSA) is 65.3 Å². The Balaban J connectivity index is 2.26. The number of hydrogen-bond donors (Lipinski definition) is 1. The summed E-state index contributed by atoms with van der Waals surface area (Å²) in [6, 6.07) is 5.46. The molecule has 2 heterocycles. The molecule has 0 unspecified atom stereocenters. The van der Waals surface area contributed by atoms with Gasteiger partial charge in [0.1, 0.15) is 0 Å². The van der Waals surface area contributed by atoms with E-state index in [2.05, 4.69) is 5.10 Å². The van der Waals surface area contributed by atoms with Crippen LogP contribution in [0.5, 0.6) is 0 Å². The average molecular weight is 264 g/mol. The van der Waals surface area contributed by atoms with E-state index in [1.54, 1.807) is 18.3 Å². The van der Waals surface area contributed by atoms with Crippen molar-refractivity contribution in [3.8, 4) is 0 Å². The highest BCUT2D eigenvalue weighted by Gasteiger charge is 2.21. The lowest BCUT2D eigenvalue weighted by atomic mass is 9.89. The Hall–Kier alpha value is -1.69. The van der Waals surface area contributed by atoms with Crippen molar-refractivity contribution in [1.29, 1.82) is 0 Å². The first-order valence-electron chi connectivity index (χ1n) is 5.76. The Bertz CT molecular complexity index is 641. The summed E-state index contributed by atoms with van der Waals surface area (Å²) in [5.41, 5.74) is 5.91. The van der Waals surface area contributed by atoms with Gasteiger partial charge in [0.25, 0.3) is 0 Å². The normalized spacial score (nSPS) is 11.9. The highest BCUT2D eigenvalue weighted by Crippen LogP contribution is 2.20. The molecule has 0 radical (unpaired) electrons. The van der Waals surface area contributed by atoms with Gasteiger partial charge in [-0.25, -0.2) is 9.48 Å². The minimum atomic E-state index is -0.273. The second kappa shape index (κ2) is 4.53. The molecule has 0 aliphatic rings. The standard InChI is InChI=1S/C12H16N4OS/c1-12(2,10(13)18)6-8-16-11(17)15-7-4-3-5-9(15)14-16/h3-5,7H,6,8H2,1-2H3,(H2,13,18). The number of fused-ring (bicyclic) bond motifs is 1. The number of pyridine rings is 1. The van der Waals surface area contributed by atoms with E-state index in [-0.39, 0.29) is 11.1 Å². The molecular weight excluding hydrogens is 248 g/mol. The van der Waals surface area contributed by atoms with Crippen molar-refractivity contribution in [3.63, 3.8) is 0 Å². The molecule has 0 aliphatic carbocycles. The van der Waals surface area contributed by atoms with Crippen LogP contribution in [0.2, 0.25) is 0 Å². The summed E-state index contributed by atoms with van der Waals surface area (Å²) in [5, 5.41) is 4.26. The fourth-order valence-electron chi connectivity index (χ4n) is 1.62. The molecule has 2 N–H and O–H groups in total. The molecule has 96 valence electrons. The summed E-state index contributed by atoms with van der Waals surface area (Å²) < 4.78 is 2.98. The van der Waals surface area contributed by atoms with Crippen molar-refractivity contribution >= 4 is 22.9 Å². The summed E-state index contributed by atoms with van der Waals surface area (Å²) in [7, 11) is 0. The molecule has 0 fully saturated rings. The quantitative estimate of drug-likeness (QED) is 0.843. The van der Waals surface area contributed by atoms with Gasteiger partial charge in [0.05, 0.1) is 4.99 Å². The number of nitrogens with two attached hydrogens (primary N) is 1. The van der Waals surface area contributed by atoms with Crippen LogP contribution in [0.4, 0.5) is 0 Å². The molecule has 0 bridgehead atoms. The van der Waals surface area contributed by atoms with E-state index in [0.717, 1.165) is 0 Å². The minimum Gasteiger partial charge on any atom is -0.393 e. The van der Waals surface area contributed by atoms with Gasteiger partial charge in [0, 0.05) is 18.2 Å². The summed E-state index contributed by atoms with van der Waals surface area (Å²) in [6.45, 7) is 4.44. The largest absolute Gasteiger partial charge is 0.393 e. The zero-order valence-corrected chi connectivity index (χ0v) is 11.3. The van der Waals surface area contributed by atoms with Gasteiger partial charge in [-0.3, -0.25) is 4.40 Å². The van der Waals surface area contributed by atoms with Gasteiger partial charge in [-0.1, -0.05) is 32.1 Å². The molecule has 0 aliphatic heterocycles. The van der Waals surface area contributed by atoms with Crippen LogP contribution in [0.25, 0.3) is 5.65 Å². The molecule has 0 saturated carbocycles. The van der Waals surface area contributed by atoms with Gasteiger partial charge in [-0.15, -0.1) is 5.10 Å². The first-order valence-corrected chi connectivity index (χ1v) is 6.17. The van der Waals surface area contributed by atoms with Gasteiger partial charge < -0.3 is 5.73 Å². The number of rotatable bonds is 4. The van der Waals surface area contributed by atoms with Crippen molar-refractivity contribution in [2.75, 3.05) is 0 Å².